The minimum absolute atomic E-state index is 0.312. The number of aromatic nitrogens is 1. The van der Waals surface area contributed by atoms with E-state index >= 15 is 0 Å². The highest BCUT2D eigenvalue weighted by molar-refractivity contribution is 9.08. The number of methoxy groups -OCH3 is 1. The van der Waals surface area contributed by atoms with Crippen LogP contribution in [0.15, 0.2) is 6.20 Å². The summed E-state index contributed by atoms with van der Waals surface area (Å²) in [4.78, 5) is 14.4. The molecule has 0 bridgehead atoms. The molecule has 0 fully saturated rings. The molecule has 0 atom stereocenters. The van der Waals surface area contributed by atoms with Crippen LogP contribution in [0, 0.1) is 0 Å². The molecule has 11 heteroatoms. The van der Waals surface area contributed by atoms with Gasteiger partial charge in [0.05, 0.1) is 7.11 Å². The Balaban J connectivity index is 3.66. The van der Waals surface area contributed by atoms with Crippen LogP contribution in [0.3, 0.4) is 0 Å². The van der Waals surface area contributed by atoms with Crippen molar-refractivity contribution in [2.45, 2.75) is 17.9 Å². The first-order chi connectivity index (χ1) is 9.51. The fourth-order valence-corrected chi connectivity index (χ4v) is 1.77. The molecule has 0 N–H and O–H groups in total. The highest BCUT2D eigenvalue weighted by Gasteiger charge is 2.43. The average Bonchev–Trinajstić information content (AvgIpc) is 2.34. The Labute approximate surface area is 122 Å². The van der Waals surface area contributed by atoms with Crippen molar-refractivity contribution in [1.29, 1.82) is 0 Å². The van der Waals surface area contributed by atoms with Crippen molar-refractivity contribution in [1.82, 2.24) is 4.98 Å². The van der Waals surface area contributed by atoms with Crippen LogP contribution in [0.5, 0.6) is 5.75 Å². The van der Waals surface area contributed by atoms with Crippen molar-refractivity contribution in [2.75, 3.05) is 7.11 Å². The van der Waals surface area contributed by atoms with E-state index in [1.54, 1.807) is 0 Å². The Hall–Kier alpha value is -1.52. The van der Waals surface area contributed by atoms with Crippen molar-refractivity contribution >= 4 is 21.9 Å². The van der Waals surface area contributed by atoms with Crippen LogP contribution in [0.25, 0.3) is 0 Å². The van der Waals surface area contributed by atoms with Crippen LogP contribution in [0.4, 0.5) is 26.3 Å². The van der Waals surface area contributed by atoms with Crippen molar-refractivity contribution in [3.05, 3.63) is 23.0 Å². The van der Waals surface area contributed by atoms with Gasteiger partial charge in [-0.2, -0.15) is 13.2 Å². The molecule has 0 unspecified atom stereocenters. The van der Waals surface area contributed by atoms with Crippen molar-refractivity contribution in [3.63, 3.8) is 0 Å². The third-order valence-electron chi connectivity index (χ3n) is 2.12. The number of carbonyl (C=O) groups excluding carboxylic acids is 1. The van der Waals surface area contributed by atoms with E-state index in [1.807, 2.05) is 0 Å². The van der Waals surface area contributed by atoms with E-state index in [0.29, 0.717) is 6.20 Å². The maximum absolute atomic E-state index is 12.8. The minimum atomic E-state index is -5.29. The van der Waals surface area contributed by atoms with E-state index in [9.17, 15) is 31.1 Å². The molecular weight excluding hydrogens is 376 g/mol. The Morgan fingerprint density at radius 1 is 1.29 bits per heavy atom. The molecule has 0 aliphatic carbocycles. The number of ether oxygens (including phenoxy) is 2. The molecule has 1 aromatic heterocycles. The van der Waals surface area contributed by atoms with Gasteiger partial charge in [0.2, 0.25) is 0 Å². The van der Waals surface area contributed by atoms with Gasteiger partial charge in [0.1, 0.15) is 5.56 Å². The molecular formula is C10H6BrF6NO3. The summed E-state index contributed by atoms with van der Waals surface area (Å²) in [5, 5.41) is -0.312. The number of hydrogen-bond acceptors (Lipinski definition) is 4. The fourth-order valence-electron chi connectivity index (χ4n) is 1.37. The van der Waals surface area contributed by atoms with Crippen molar-refractivity contribution < 1.29 is 40.6 Å². The lowest BCUT2D eigenvalue weighted by atomic mass is 10.1. The topological polar surface area (TPSA) is 48.4 Å². The summed E-state index contributed by atoms with van der Waals surface area (Å²) in [5.74, 6) is -2.94. The summed E-state index contributed by atoms with van der Waals surface area (Å²) in [5.41, 5.74) is -3.64. The second-order valence-corrected chi connectivity index (χ2v) is 4.07. The number of hydrogen-bond donors (Lipinski definition) is 0. The number of alkyl halides is 7. The molecule has 21 heavy (non-hydrogen) atoms. The van der Waals surface area contributed by atoms with E-state index in [0.717, 1.165) is 7.11 Å². The maximum Gasteiger partial charge on any atom is 0.573 e. The Bertz CT molecular complexity index is 543. The summed E-state index contributed by atoms with van der Waals surface area (Å²) >= 11 is 2.78. The Kier molecular flexibility index (Phi) is 5.07. The molecule has 0 aromatic carbocycles. The monoisotopic (exact) mass is 381 g/mol. The van der Waals surface area contributed by atoms with E-state index in [4.69, 9.17) is 0 Å². The quantitative estimate of drug-likeness (QED) is 0.455. The predicted octanol–water partition coefficient (Wildman–Crippen LogP) is 3.68. The van der Waals surface area contributed by atoms with Gasteiger partial charge in [0.15, 0.2) is 11.4 Å². The molecule has 0 aliphatic rings. The molecule has 1 rings (SSSR count). The second kappa shape index (κ2) is 6.08. The zero-order valence-corrected chi connectivity index (χ0v) is 11.7. The van der Waals surface area contributed by atoms with Gasteiger partial charge in [-0.1, -0.05) is 15.9 Å². The lowest BCUT2D eigenvalue weighted by Gasteiger charge is -2.18. The Morgan fingerprint density at radius 2 is 1.86 bits per heavy atom. The molecule has 0 radical (unpaired) electrons. The number of esters is 1. The SMILES string of the molecule is COC(=O)c1c(C(F)(F)F)ncc(CBr)c1OC(F)(F)F. The molecule has 0 spiro atoms. The highest BCUT2D eigenvalue weighted by Crippen LogP contribution is 2.39. The van der Waals surface area contributed by atoms with E-state index < -0.39 is 35.5 Å². The van der Waals surface area contributed by atoms with Crippen LogP contribution >= 0.6 is 15.9 Å². The molecule has 0 saturated heterocycles. The normalized spacial score (nSPS) is 12.2. The lowest BCUT2D eigenvalue weighted by molar-refractivity contribution is -0.275. The van der Waals surface area contributed by atoms with Gasteiger partial charge in [0.25, 0.3) is 0 Å². The Morgan fingerprint density at radius 3 is 2.24 bits per heavy atom. The fraction of sp³-hybridized carbons (Fsp3) is 0.400. The molecule has 118 valence electrons. The number of carbonyl (C=O) groups is 1. The van der Waals surface area contributed by atoms with E-state index in [2.05, 4.69) is 30.4 Å². The standard InChI is InChI=1S/C10H6BrF6NO3/c1-20-8(19)5-6(21-10(15,16)17)4(2-11)3-18-7(5)9(12,13)14/h3H,2H2,1H3. The molecule has 0 amide bonds. The van der Waals surface area contributed by atoms with E-state index in [-0.39, 0.29) is 10.9 Å². The molecule has 0 saturated carbocycles. The van der Waals surface area contributed by atoms with Crippen molar-refractivity contribution in [3.8, 4) is 5.75 Å². The van der Waals surface area contributed by atoms with Gasteiger partial charge >= 0.3 is 18.5 Å². The first-order valence-electron chi connectivity index (χ1n) is 5.00. The largest absolute Gasteiger partial charge is 0.573 e. The summed E-state index contributed by atoms with van der Waals surface area (Å²) < 4.78 is 83.0. The third-order valence-corrected chi connectivity index (χ3v) is 2.73. The molecule has 0 aliphatic heterocycles. The van der Waals surface area contributed by atoms with Gasteiger partial charge in [-0.3, -0.25) is 4.98 Å². The third kappa shape index (κ3) is 4.22. The number of nitrogens with zero attached hydrogens (tertiary/aromatic N) is 1. The number of halogens is 7. The predicted molar refractivity (Wildman–Crippen MR) is 59.9 cm³/mol. The first kappa shape index (κ1) is 17.5. The van der Waals surface area contributed by atoms with Crippen LogP contribution < -0.4 is 4.74 Å². The van der Waals surface area contributed by atoms with Crippen LogP contribution in [-0.4, -0.2) is 24.4 Å². The van der Waals surface area contributed by atoms with Gasteiger partial charge in [0, 0.05) is 17.1 Å². The summed E-state index contributed by atoms with van der Waals surface area (Å²) in [6.45, 7) is 0. The summed E-state index contributed by atoms with van der Waals surface area (Å²) in [6, 6.07) is 0. The molecule has 4 nitrogen and oxygen atoms in total. The highest BCUT2D eigenvalue weighted by atomic mass is 79.9. The van der Waals surface area contributed by atoms with Crippen LogP contribution in [0.1, 0.15) is 21.6 Å². The zero-order chi connectivity index (χ0) is 16.4. The van der Waals surface area contributed by atoms with E-state index in [1.165, 1.54) is 0 Å². The average molecular weight is 382 g/mol. The van der Waals surface area contributed by atoms with Gasteiger partial charge in [-0.05, 0) is 0 Å². The zero-order valence-electron chi connectivity index (χ0n) is 10.1. The lowest BCUT2D eigenvalue weighted by Crippen LogP contribution is -2.24. The van der Waals surface area contributed by atoms with Gasteiger partial charge in [-0.25, -0.2) is 4.79 Å². The number of rotatable bonds is 3. The smallest absolute Gasteiger partial charge is 0.465 e. The van der Waals surface area contributed by atoms with Crippen LogP contribution in [0.2, 0.25) is 0 Å². The molecule has 1 heterocycles. The van der Waals surface area contributed by atoms with Crippen molar-refractivity contribution in [2.24, 2.45) is 0 Å². The van der Waals surface area contributed by atoms with Crippen LogP contribution in [-0.2, 0) is 16.2 Å². The maximum atomic E-state index is 12.8. The summed E-state index contributed by atoms with van der Waals surface area (Å²) in [6.07, 6.45) is -9.91. The van der Waals surface area contributed by atoms with Gasteiger partial charge < -0.3 is 9.47 Å². The molecule has 1 aromatic rings. The summed E-state index contributed by atoms with van der Waals surface area (Å²) in [7, 11) is 0.723. The number of pyridine rings is 1. The second-order valence-electron chi connectivity index (χ2n) is 3.51. The van der Waals surface area contributed by atoms with Gasteiger partial charge in [-0.15, -0.1) is 13.2 Å². The first-order valence-corrected chi connectivity index (χ1v) is 6.12. The minimum Gasteiger partial charge on any atom is -0.465 e.